The summed E-state index contributed by atoms with van der Waals surface area (Å²) in [6.07, 6.45) is 2.21. The van der Waals surface area contributed by atoms with Crippen molar-refractivity contribution >= 4 is 23.2 Å². The van der Waals surface area contributed by atoms with E-state index in [1.807, 2.05) is 31.2 Å². The van der Waals surface area contributed by atoms with Gasteiger partial charge in [-0.15, -0.1) is 11.6 Å². The lowest BCUT2D eigenvalue weighted by atomic mass is 10.1. The van der Waals surface area contributed by atoms with E-state index >= 15 is 0 Å². The first-order valence-corrected chi connectivity index (χ1v) is 6.16. The average molecular weight is 240 g/mol. The first kappa shape index (κ1) is 13.0. The lowest BCUT2D eigenvalue weighted by Crippen LogP contribution is -2.21. The molecule has 2 nitrogen and oxygen atoms in total. The minimum absolute atomic E-state index is 0.0294. The normalized spacial score (nSPS) is 12.2. The van der Waals surface area contributed by atoms with E-state index in [4.69, 9.17) is 11.6 Å². The van der Waals surface area contributed by atoms with Gasteiger partial charge in [0, 0.05) is 17.5 Å². The number of rotatable bonds is 5. The molecule has 1 N–H and O–H groups in total. The van der Waals surface area contributed by atoms with Gasteiger partial charge in [0.25, 0.3) is 0 Å². The van der Waals surface area contributed by atoms with Crippen LogP contribution >= 0.6 is 11.6 Å². The van der Waals surface area contributed by atoms with E-state index in [-0.39, 0.29) is 11.8 Å². The summed E-state index contributed by atoms with van der Waals surface area (Å²) >= 11 is 5.62. The Morgan fingerprint density at radius 3 is 2.50 bits per heavy atom. The van der Waals surface area contributed by atoms with E-state index in [1.165, 1.54) is 5.56 Å². The Bertz CT molecular complexity index is 334. The Hall–Kier alpha value is -1.02. The Kier molecular flexibility index (Phi) is 5.33. The van der Waals surface area contributed by atoms with Gasteiger partial charge in [-0.1, -0.05) is 32.4 Å². The van der Waals surface area contributed by atoms with Crippen LogP contribution < -0.4 is 5.32 Å². The number of amides is 1. The van der Waals surface area contributed by atoms with Crippen molar-refractivity contribution < 1.29 is 4.79 Å². The third kappa shape index (κ3) is 3.86. The number of anilines is 1. The second-order valence-corrected chi connectivity index (χ2v) is 4.30. The molecule has 0 aliphatic rings. The fourth-order valence-electron chi connectivity index (χ4n) is 1.38. The molecule has 16 heavy (non-hydrogen) atoms. The van der Waals surface area contributed by atoms with Gasteiger partial charge in [0.1, 0.15) is 0 Å². The van der Waals surface area contributed by atoms with Crippen LogP contribution in [0.25, 0.3) is 0 Å². The molecule has 0 aromatic heterocycles. The van der Waals surface area contributed by atoms with Crippen LogP contribution in [-0.2, 0) is 11.2 Å². The van der Waals surface area contributed by atoms with Gasteiger partial charge in [-0.05, 0) is 24.1 Å². The van der Waals surface area contributed by atoms with Gasteiger partial charge in [-0.25, -0.2) is 0 Å². The van der Waals surface area contributed by atoms with E-state index in [1.54, 1.807) is 0 Å². The predicted molar refractivity (Wildman–Crippen MR) is 69.0 cm³/mol. The van der Waals surface area contributed by atoms with Crippen molar-refractivity contribution in [3.63, 3.8) is 0 Å². The summed E-state index contributed by atoms with van der Waals surface area (Å²) in [4.78, 5) is 11.6. The first-order valence-electron chi connectivity index (χ1n) is 5.63. The molecule has 1 atom stereocenters. The number of benzene rings is 1. The van der Waals surface area contributed by atoms with Crippen LogP contribution in [-0.4, -0.2) is 11.8 Å². The van der Waals surface area contributed by atoms with Crippen molar-refractivity contribution in [2.45, 2.75) is 26.7 Å². The van der Waals surface area contributed by atoms with Gasteiger partial charge in [0.2, 0.25) is 5.91 Å². The molecule has 0 saturated heterocycles. The zero-order valence-electron chi connectivity index (χ0n) is 9.79. The summed E-state index contributed by atoms with van der Waals surface area (Å²) in [5.41, 5.74) is 2.13. The molecule has 0 heterocycles. The molecule has 0 saturated carbocycles. The Labute approximate surface area is 102 Å². The lowest BCUT2D eigenvalue weighted by Gasteiger charge is -2.09. The average Bonchev–Trinajstić information content (AvgIpc) is 2.31. The quantitative estimate of drug-likeness (QED) is 0.784. The standard InChI is InChI=1S/C13H18ClNO/c1-3-4-11-5-7-12(8-6-11)15-13(16)10(2)9-14/h5-8,10H,3-4,9H2,1-2H3,(H,15,16). The zero-order chi connectivity index (χ0) is 12.0. The SMILES string of the molecule is CCCc1ccc(NC(=O)C(C)CCl)cc1. The molecular formula is C13H18ClNO. The molecule has 1 amide bonds. The second kappa shape index (κ2) is 6.54. The van der Waals surface area contributed by atoms with E-state index in [9.17, 15) is 4.79 Å². The number of hydrogen-bond donors (Lipinski definition) is 1. The van der Waals surface area contributed by atoms with Crippen LogP contribution in [0.1, 0.15) is 25.8 Å². The van der Waals surface area contributed by atoms with Gasteiger partial charge in [0.05, 0.1) is 0 Å². The van der Waals surface area contributed by atoms with Crippen molar-refractivity contribution in [2.75, 3.05) is 11.2 Å². The third-order valence-electron chi connectivity index (χ3n) is 2.44. The number of aryl methyl sites for hydroxylation is 1. The van der Waals surface area contributed by atoms with Gasteiger partial charge in [-0.3, -0.25) is 4.79 Å². The summed E-state index contributed by atoms with van der Waals surface area (Å²) in [5, 5.41) is 2.84. The fraction of sp³-hybridized carbons (Fsp3) is 0.462. The summed E-state index contributed by atoms with van der Waals surface area (Å²) in [7, 11) is 0. The van der Waals surface area contributed by atoms with E-state index in [0.717, 1.165) is 18.5 Å². The minimum atomic E-state index is -0.156. The van der Waals surface area contributed by atoms with Gasteiger partial charge in [0.15, 0.2) is 0 Å². The summed E-state index contributed by atoms with van der Waals surface area (Å²) < 4.78 is 0. The highest BCUT2D eigenvalue weighted by Crippen LogP contribution is 2.12. The van der Waals surface area contributed by atoms with Crippen LogP contribution in [0.3, 0.4) is 0 Å². The lowest BCUT2D eigenvalue weighted by molar-refractivity contribution is -0.118. The van der Waals surface area contributed by atoms with Crippen molar-refractivity contribution in [1.82, 2.24) is 0 Å². The highest BCUT2D eigenvalue weighted by Gasteiger charge is 2.10. The van der Waals surface area contributed by atoms with E-state index in [0.29, 0.717) is 5.88 Å². The number of alkyl halides is 1. The zero-order valence-corrected chi connectivity index (χ0v) is 10.6. The molecule has 3 heteroatoms. The molecule has 88 valence electrons. The largest absolute Gasteiger partial charge is 0.326 e. The van der Waals surface area contributed by atoms with Crippen LogP contribution in [0.5, 0.6) is 0 Å². The van der Waals surface area contributed by atoms with Crippen LogP contribution in [0.2, 0.25) is 0 Å². The maximum atomic E-state index is 11.6. The number of halogens is 1. The summed E-state index contributed by atoms with van der Waals surface area (Å²) in [5.74, 6) is 0.162. The van der Waals surface area contributed by atoms with E-state index < -0.39 is 0 Å². The molecule has 0 fully saturated rings. The van der Waals surface area contributed by atoms with Crippen LogP contribution in [0.15, 0.2) is 24.3 Å². The fourth-order valence-corrected chi connectivity index (χ4v) is 1.52. The molecule has 1 rings (SSSR count). The maximum absolute atomic E-state index is 11.6. The van der Waals surface area contributed by atoms with Gasteiger partial charge in [-0.2, -0.15) is 0 Å². The smallest absolute Gasteiger partial charge is 0.228 e. The second-order valence-electron chi connectivity index (χ2n) is 3.99. The van der Waals surface area contributed by atoms with Gasteiger partial charge >= 0.3 is 0 Å². The summed E-state index contributed by atoms with van der Waals surface area (Å²) in [6, 6.07) is 7.96. The van der Waals surface area contributed by atoms with Crippen molar-refractivity contribution in [3.05, 3.63) is 29.8 Å². The van der Waals surface area contributed by atoms with Crippen LogP contribution in [0, 0.1) is 5.92 Å². The van der Waals surface area contributed by atoms with Crippen molar-refractivity contribution in [3.8, 4) is 0 Å². The molecule has 0 bridgehead atoms. The van der Waals surface area contributed by atoms with Gasteiger partial charge < -0.3 is 5.32 Å². The number of carbonyl (C=O) groups is 1. The maximum Gasteiger partial charge on any atom is 0.228 e. The molecule has 0 radical (unpaired) electrons. The Morgan fingerprint density at radius 2 is 2.00 bits per heavy atom. The molecule has 0 aliphatic heterocycles. The molecule has 1 aromatic rings. The topological polar surface area (TPSA) is 29.1 Å². The molecule has 1 aromatic carbocycles. The minimum Gasteiger partial charge on any atom is -0.326 e. The molecule has 0 aliphatic carbocycles. The van der Waals surface area contributed by atoms with Crippen LogP contribution in [0.4, 0.5) is 5.69 Å². The number of nitrogens with one attached hydrogen (secondary N) is 1. The Morgan fingerprint density at radius 1 is 1.38 bits per heavy atom. The number of carbonyl (C=O) groups excluding carboxylic acids is 1. The summed E-state index contributed by atoms with van der Waals surface area (Å²) in [6.45, 7) is 3.96. The van der Waals surface area contributed by atoms with Crippen molar-refractivity contribution in [1.29, 1.82) is 0 Å². The molecular weight excluding hydrogens is 222 g/mol. The predicted octanol–water partition coefficient (Wildman–Crippen LogP) is 3.45. The molecule has 0 spiro atoms. The molecule has 1 unspecified atom stereocenters. The monoisotopic (exact) mass is 239 g/mol. The van der Waals surface area contributed by atoms with E-state index in [2.05, 4.69) is 12.2 Å². The Balaban J connectivity index is 2.58. The highest BCUT2D eigenvalue weighted by molar-refractivity contribution is 6.19. The van der Waals surface area contributed by atoms with Crippen molar-refractivity contribution in [2.24, 2.45) is 5.92 Å². The number of hydrogen-bond acceptors (Lipinski definition) is 1. The highest BCUT2D eigenvalue weighted by atomic mass is 35.5. The first-order chi connectivity index (χ1) is 7.67. The third-order valence-corrected chi connectivity index (χ3v) is 2.90.